The standard InChI is InChI=1S/C16H19N3O2S2/c1-10-17-8-15(22-10)21-14-3-2-13(23-14)16(20)18-12-9-19-6-4-11(12)5-7-19/h2-3,8,11-12H,4-7,9H2,1H3,(H,18,20). The first-order valence-corrected chi connectivity index (χ1v) is 9.54. The van der Waals surface area contributed by atoms with Crippen LogP contribution in [0.15, 0.2) is 18.3 Å². The first-order chi connectivity index (χ1) is 11.2. The van der Waals surface area contributed by atoms with Crippen molar-refractivity contribution in [3.63, 3.8) is 0 Å². The number of amides is 1. The molecular weight excluding hydrogens is 330 g/mol. The molecule has 23 heavy (non-hydrogen) atoms. The molecule has 3 aliphatic rings. The highest BCUT2D eigenvalue weighted by atomic mass is 32.1. The fraction of sp³-hybridized carbons (Fsp3) is 0.500. The molecule has 5 nitrogen and oxygen atoms in total. The number of carbonyl (C=O) groups is 1. The lowest BCUT2D eigenvalue weighted by Crippen LogP contribution is -2.57. The monoisotopic (exact) mass is 349 g/mol. The number of rotatable bonds is 4. The largest absolute Gasteiger partial charge is 0.434 e. The maximum atomic E-state index is 12.5. The minimum absolute atomic E-state index is 0.0177. The summed E-state index contributed by atoms with van der Waals surface area (Å²) in [6, 6.07) is 3.98. The van der Waals surface area contributed by atoms with Crippen molar-refractivity contribution in [2.45, 2.75) is 25.8 Å². The smallest absolute Gasteiger partial charge is 0.261 e. The van der Waals surface area contributed by atoms with E-state index in [0.717, 1.165) is 21.7 Å². The van der Waals surface area contributed by atoms with Gasteiger partial charge in [0.05, 0.1) is 16.1 Å². The number of aryl methyl sites for hydroxylation is 1. The molecule has 2 aromatic rings. The molecule has 1 unspecified atom stereocenters. The fourth-order valence-corrected chi connectivity index (χ4v) is 4.81. The van der Waals surface area contributed by atoms with E-state index in [9.17, 15) is 4.79 Å². The van der Waals surface area contributed by atoms with E-state index in [1.807, 2.05) is 19.1 Å². The molecule has 7 heteroatoms. The normalized spacial score (nSPS) is 26.2. The zero-order chi connectivity index (χ0) is 15.8. The number of piperidine rings is 3. The molecule has 0 spiro atoms. The zero-order valence-corrected chi connectivity index (χ0v) is 14.6. The van der Waals surface area contributed by atoms with E-state index in [1.54, 1.807) is 6.20 Å². The van der Waals surface area contributed by atoms with E-state index in [0.29, 0.717) is 16.8 Å². The highest BCUT2D eigenvalue weighted by molar-refractivity contribution is 7.16. The van der Waals surface area contributed by atoms with E-state index in [-0.39, 0.29) is 5.91 Å². The Kier molecular flexibility index (Phi) is 4.09. The third-order valence-electron chi connectivity index (χ3n) is 4.58. The second kappa shape index (κ2) is 6.22. The highest BCUT2D eigenvalue weighted by Gasteiger charge is 2.35. The first kappa shape index (κ1) is 15.1. The Morgan fingerprint density at radius 1 is 1.30 bits per heavy atom. The molecule has 5 rings (SSSR count). The van der Waals surface area contributed by atoms with Crippen LogP contribution >= 0.6 is 22.7 Å². The van der Waals surface area contributed by atoms with Gasteiger partial charge in [-0.3, -0.25) is 4.79 Å². The van der Waals surface area contributed by atoms with Crippen molar-refractivity contribution in [2.24, 2.45) is 5.92 Å². The lowest BCUT2D eigenvalue weighted by atomic mass is 9.84. The maximum absolute atomic E-state index is 12.5. The number of carbonyl (C=O) groups excluding carboxylic acids is 1. The number of fused-ring (bicyclic) bond motifs is 3. The number of hydrogen-bond acceptors (Lipinski definition) is 6. The van der Waals surface area contributed by atoms with Gasteiger partial charge in [-0.2, -0.15) is 0 Å². The van der Waals surface area contributed by atoms with Crippen LogP contribution in [-0.2, 0) is 0 Å². The van der Waals surface area contributed by atoms with Crippen LogP contribution in [0, 0.1) is 12.8 Å². The van der Waals surface area contributed by atoms with Gasteiger partial charge >= 0.3 is 0 Å². The maximum Gasteiger partial charge on any atom is 0.261 e. The molecular formula is C16H19N3O2S2. The van der Waals surface area contributed by atoms with Gasteiger partial charge in [0.25, 0.3) is 5.91 Å². The number of ether oxygens (including phenoxy) is 1. The molecule has 122 valence electrons. The molecule has 3 aliphatic heterocycles. The Hall–Kier alpha value is -1.44. The van der Waals surface area contributed by atoms with Crippen LogP contribution < -0.4 is 10.1 Å². The zero-order valence-electron chi connectivity index (χ0n) is 12.9. The van der Waals surface area contributed by atoms with Gasteiger partial charge < -0.3 is 15.0 Å². The van der Waals surface area contributed by atoms with Gasteiger partial charge in [0.15, 0.2) is 5.06 Å². The summed E-state index contributed by atoms with van der Waals surface area (Å²) >= 11 is 2.89. The van der Waals surface area contributed by atoms with E-state index >= 15 is 0 Å². The van der Waals surface area contributed by atoms with Gasteiger partial charge in [0.1, 0.15) is 0 Å². The Bertz CT molecular complexity index is 704. The number of aromatic nitrogens is 1. The van der Waals surface area contributed by atoms with Gasteiger partial charge in [0, 0.05) is 12.6 Å². The van der Waals surface area contributed by atoms with Gasteiger partial charge in [-0.25, -0.2) is 4.98 Å². The van der Waals surface area contributed by atoms with Crippen LogP contribution in [0.1, 0.15) is 27.5 Å². The highest BCUT2D eigenvalue weighted by Crippen LogP contribution is 2.33. The molecule has 2 bridgehead atoms. The SMILES string of the molecule is Cc1ncc(Oc2ccc(C(=O)NC3CN4CCC3CC4)s2)s1. The van der Waals surface area contributed by atoms with Crippen molar-refractivity contribution in [2.75, 3.05) is 19.6 Å². The predicted molar refractivity (Wildman–Crippen MR) is 91.7 cm³/mol. The van der Waals surface area contributed by atoms with Crippen molar-refractivity contribution in [1.82, 2.24) is 15.2 Å². The van der Waals surface area contributed by atoms with Gasteiger partial charge in [-0.1, -0.05) is 22.7 Å². The van der Waals surface area contributed by atoms with E-state index in [4.69, 9.17) is 4.74 Å². The minimum atomic E-state index is 0.0177. The minimum Gasteiger partial charge on any atom is -0.434 e. The van der Waals surface area contributed by atoms with Crippen LogP contribution in [0.2, 0.25) is 0 Å². The Labute approximate surface area is 143 Å². The quantitative estimate of drug-likeness (QED) is 0.921. The number of thiazole rings is 1. The summed E-state index contributed by atoms with van der Waals surface area (Å²) in [7, 11) is 0. The summed E-state index contributed by atoms with van der Waals surface area (Å²) in [6.07, 6.45) is 4.12. The van der Waals surface area contributed by atoms with Gasteiger partial charge in [0.2, 0.25) is 5.06 Å². The summed E-state index contributed by atoms with van der Waals surface area (Å²) < 4.78 is 5.76. The summed E-state index contributed by atoms with van der Waals surface area (Å²) in [5.74, 6) is 0.656. The molecule has 5 heterocycles. The van der Waals surface area contributed by atoms with Crippen LogP contribution in [0.4, 0.5) is 0 Å². The average molecular weight is 349 g/mol. The summed E-state index contributed by atoms with van der Waals surface area (Å²) in [5, 5.41) is 5.67. The fourth-order valence-electron chi connectivity index (χ4n) is 3.35. The second-order valence-corrected chi connectivity index (χ2v) is 8.38. The van der Waals surface area contributed by atoms with E-state index in [1.165, 1.54) is 48.6 Å². The molecule has 0 aliphatic carbocycles. The molecule has 3 fully saturated rings. The van der Waals surface area contributed by atoms with E-state index < -0.39 is 0 Å². The third kappa shape index (κ3) is 3.27. The second-order valence-electron chi connectivity index (χ2n) is 6.14. The van der Waals surface area contributed by atoms with Crippen molar-refractivity contribution < 1.29 is 9.53 Å². The van der Waals surface area contributed by atoms with Crippen LogP contribution in [0.25, 0.3) is 0 Å². The first-order valence-electron chi connectivity index (χ1n) is 7.91. The Morgan fingerprint density at radius 3 is 2.78 bits per heavy atom. The number of nitrogens with one attached hydrogen (secondary N) is 1. The van der Waals surface area contributed by atoms with Gasteiger partial charge in [-0.15, -0.1) is 0 Å². The lowest BCUT2D eigenvalue weighted by molar-refractivity contribution is 0.0622. The van der Waals surface area contributed by atoms with Crippen LogP contribution in [0.5, 0.6) is 10.1 Å². The molecule has 1 atom stereocenters. The van der Waals surface area contributed by atoms with Crippen molar-refractivity contribution >= 4 is 28.6 Å². The number of nitrogens with zero attached hydrogens (tertiary/aromatic N) is 2. The summed E-state index contributed by atoms with van der Waals surface area (Å²) in [5.41, 5.74) is 0. The Morgan fingerprint density at radius 2 is 2.13 bits per heavy atom. The van der Waals surface area contributed by atoms with Crippen molar-refractivity contribution in [3.05, 3.63) is 28.2 Å². The van der Waals surface area contributed by atoms with Gasteiger partial charge in [-0.05, 0) is 50.9 Å². The van der Waals surface area contributed by atoms with Crippen LogP contribution in [0.3, 0.4) is 0 Å². The molecule has 1 amide bonds. The third-order valence-corrected chi connectivity index (χ3v) is 6.33. The summed E-state index contributed by atoms with van der Waals surface area (Å²) in [4.78, 5) is 19.8. The Balaban J connectivity index is 1.39. The topological polar surface area (TPSA) is 54.5 Å². The molecule has 3 saturated heterocycles. The molecule has 2 aromatic heterocycles. The van der Waals surface area contributed by atoms with Crippen molar-refractivity contribution in [3.8, 4) is 10.1 Å². The molecule has 0 radical (unpaired) electrons. The summed E-state index contributed by atoms with van der Waals surface area (Å²) in [6.45, 7) is 5.30. The number of thiophene rings is 1. The predicted octanol–water partition coefficient (Wildman–Crippen LogP) is 3.13. The average Bonchev–Trinajstić information content (AvgIpc) is 3.18. The van der Waals surface area contributed by atoms with Crippen molar-refractivity contribution in [1.29, 1.82) is 0 Å². The molecule has 1 N–H and O–H groups in total. The molecule has 0 aromatic carbocycles. The number of hydrogen-bond donors (Lipinski definition) is 1. The lowest BCUT2D eigenvalue weighted by Gasteiger charge is -2.44. The van der Waals surface area contributed by atoms with Crippen LogP contribution in [-0.4, -0.2) is 41.5 Å². The van der Waals surface area contributed by atoms with E-state index in [2.05, 4.69) is 15.2 Å². The molecule has 0 saturated carbocycles.